The van der Waals surface area contributed by atoms with E-state index in [-0.39, 0.29) is 12.1 Å². The average Bonchev–Trinajstić information content (AvgIpc) is 2.50. The predicted molar refractivity (Wildman–Crippen MR) is 83.0 cm³/mol. The first-order valence-corrected chi connectivity index (χ1v) is 7.51. The fourth-order valence-electron chi connectivity index (χ4n) is 1.98. The lowest BCUT2D eigenvalue weighted by Crippen LogP contribution is -2.43. The first kappa shape index (κ1) is 18.5. The summed E-state index contributed by atoms with van der Waals surface area (Å²) in [6.07, 6.45) is 0. The minimum atomic E-state index is -0.0521. The van der Waals surface area contributed by atoms with Crippen molar-refractivity contribution in [3.63, 3.8) is 0 Å². The molecule has 0 unspecified atom stereocenters. The van der Waals surface area contributed by atoms with Crippen LogP contribution in [0.1, 0.15) is 0 Å². The van der Waals surface area contributed by atoms with Crippen molar-refractivity contribution < 1.29 is 19.1 Å². The normalized spacial score (nSPS) is 21.5. The number of hydrogen-bond donors (Lipinski definition) is 0. The maximum atomic E-state index is 12.1. The molecular weight excluding hydrogens is 288 g/mol. The second-order valence-electron chi connectivity index (χ2n) is 5.48. The van der Waals surface area contributed by atoms with Gasteiger partial charge >= 0.3 is 12.1 Å². The highest BCUT2D eigenvalue weighted by Crippen LogP contribution is 1.98. The van der Waals surface area contributed by atoms with E-state index in [4.69, 9.17) is 9.47 Å². The van der Waals surface area contributed by atoms with Crippen LogP contribution in [0.2, 0.25) is 0 Å². The highest BCUT2D eigenvalue weighted by Gasteiger charge is 2.16. The molecule has 1 fully saturated rings. The van der Waals surface area contributed by atoms with E-state index in [1.54, 1.807) is 47.8 Å². The summed E-state index contributed by atoms with van der Waals surface area (Å²) in [5, 5.41) is 0. The van der Waals surface area contributed by atoms with Crippen molar-refractivity contribution in [2.24, 2.45) is 0 Å². The molecule has 8 heteroatoms. The van der Waals surface area contributed by atoms with E-state index in [2.05, 4.69) is 0 Å². The van der Waals surface area contributed by atoms with E-state index in [1.807, 2.05) is 0 Å². The van der Waals surface area contributed by atoms with E-state index in [9.17, 15) is 9.59 Å². The molecule has 0 atom stereocenters. The van der Waals surface area contributed by atoms with E-state index >= 15 is 0 Å². The van der Waals surface area contributed by atoms with Gasteiger partial charge in [-0.2, -0.15) is 0 Å². The van der Waals surface area contributed by atoms with Crippen molar-refractivity contribution in [3.8, 4) is 0 Å². The predicted octanol–water partition coefficient (Wildman–Crippen LogP) is 0.000400. The molecule has 4 amide bonds. The number of nitrogens with zero attached hydrogens (tertiary/aromatic N) is 4. The van der Waals surface area contributed by atoms with Gasteiger partial charge in [0, 0.05) is 54.4 Å². The van der Waals surface area contributed by atoms with Gasteiger partial charge in [0.2, 0.25) is 0 Å². The Morgan fingerprint density at radius 2 is 0.818 bits per heavy atom. The van der Waals surface area contributed by atoms with Gasteiger partial charge in [-0.25, -0.2) is 9.59 Å². The van der Waals surface area contributed by atoms with Crippen molar-refractivity contribution in [1.82, 2.24) is 19.6 Å². The Bertz CT molecular complexity index is 305. The molecule has 1 heterocycles. The number of carbonyl (C=O) groups excluding carboxylic acids is 2. The molecule has 0 N–H and O–H groups in total. The van der Waals surface area contributed by atoms with Crippen LogP contribution in [0.3, 0.4) is 0 Å². The lowest BCUT2D eigenvalue weighted by molar-refractivity contribution is 0.0740. The summed E-state index contributed by atoms with van der Waals surface area (Å²) < 4.78 is 11.0. The Balaban J connectivity index is 2.55. The summed E-state index contributed by atoms with van der Waals surface area (Å²) in [4.78, 5) is 30.6. The zero-order chi connectivity index (χ0) is 16.5. The van der Waals surface area contributed by atoms with E-state index in [0.29, 0.717) is 52.6 Å². The van der Waals surface area contributed by atoms with Gasteiger partial charge in [0.05, 0.1) is 26.4 Å². The van der Waals surface area contributed by atoms with E-state index in [1.165, 1.54) is 0 Å². The number of urea groups is 2. The van der Waals surface area contributed by atoms with Crippen molar-refractivity contribution in [3.05, 3.63) is 0 Å². The molecule has 0 aliphatic carbocycles. The fraction of sp³-hybridized carbons (Fsp3) is 0.857. The quantitative estimate of drug-likeness (QED) is 0.631. The Kier molecular flexibility index (Phi) is 7.97. The summed E-state index contributed by atoms with van der Waals surface area (Å²) in [6.45, 7) is 3.86. The standard InChI is InChI=1S/C14H28N4O4/c1-15-5-9-21-11-7-17(3)14(20)18(4)8-12-22-10-6-16(2)13(15)19/h5-12H2,1-4H3. The highest BCUT2D eigenvalue weighted by atomic mass is 16.5. The summed E-state index contributed by atoms with van der Waals surface area (Å²) >= 11 is 0. The molecule has 0 aromatic heterocycles. The lowest BCUT2D eigenvalue weighted by Gasteiger charge is -2.27. The van der Waals surface area contributed by atoms with Crippen LogP contribution in [0.5, 0.6) is 0 Å². The van der Waals surface area contributed by atoms with Gasteiger partial charge in [-0.1, -0.05) is 0 Å². The van der Waals surface area contributed by atoms with Gasteiger partial charge < -0.3 is 29.1 Å². The van der Waals surface area contributed by atoms with Crippen LogP contribution in [-0.2, 0) is 9.47 Å². The minimum absolute atomic E-state index is 0.0521. The van der Waals surface area contributed by atoms with Crippen molar-refractivity contribution in [2.75, 3.05) is 80.8 Å². The molecular formula is C14H28N4O4. The van der Waals surface area contributed by atoms with Crippen LogP contribution in [0.4, 0.5) is 9.59 Å². The first-order chi connectivity index (χ1) is 10.4. The Morgan fingerprint density at radius 3 is 1.05 bits per heavy atom. The Morgan fingerprint density at radius 1 is 0.591 bits per heavy atom. The maximum Gasteiger partial charge on any atom is 0.319 e. The van der Waals surface area contributed by atoms with Crippen LogP contribution in [0.25, 0.3) is 0 Å². The number of rotatable bonds is 0. The molecule has 128 valence electrons. The van der Waals surface area contributed by atoms with Crippen molar-refractivity contribution in [2.45, 2.75) is 0 Å². The number of ether oxygens (including phenoxy) is 2. The summed E-state index contributed by atoms with van der Waals surface area (Å²) in [7, 11) is 6.99. The minimum Gasteiger partial charge on any atom is -0.378 e. The molecule has 0 saturated carbocycles. The van der Waals surface area contributed by atoms with Gasteiger partial charge in [0.1, 0.15) is 0 Å². The average molecular weight is 316 g/mol. The highest BCUT2D eigenvalue weighted by molar-refractivity contribution is 5.74. The molecule has 0 aromatic carbocycles. The van der Waals surface area contributed by atoms with Gasteiger partial charge in [0.15, 0.2) is 0 Å². The zero-order valence-corrected chi connectivity index (χ0v) is 14.1. The molecule has 1 aliphatic heterocycles. The number of carbonyl (C=O) groups is 2. The van der Waals surface area contributed by atoms with Crippen molar-refractivity contribution in [1.29, 1.82) is 0 Å². The molecule has 1 aliphatic rings. The Labute approximate surface area is 132 Å². The lowest BCUT2D eigenvalue weighted by atomic mass is 10.5. The molecule has 0 spiro atoms. The molecule has 0 radical (unpaired) electrons. The molecule has 1 rings (SSSR count). The molecule has 0 aromatic rings. The molecule has 1 saturated heterocycles. The third-order valence-electron chi connectivity index (χ3n) is 3.59. The topological polar surface area (TPSA) is 65.6 Å². The second-order valence-corrected chi connectivity index (χ2v) is 5.48. The second kappa shape index (κ2) is 9.47. The molecule has 22 heavy (non-hydrogen) atoms. The third-order valence-corrected chi connectivity index (χ3v) is 3.59. The van der Waals surface area contributed by atoms with Gasteiger partial charge in [0.25, 0.3) is 0 Å². The van der Waals surface area contributed by atoms with Gasteiger partial charge in [-0.3, -0.25) is 0 Å². The molecule has 8 nitrogen and oxygen atoms in total. The maximum absolute atomic E-state index is 12.1. The number of likely N-dealkylation sites (N-methyl/N-ethyl adjacent to an activating group) is 4. The fourth-order valence-corrected chi connectivity index (χ4v) is 1.98. The monoisotopic (exact) mass is 316 g/mol. The van der Waals surface area contributed by atoms with Gasteiger partial charge in [-0.05, 0) is 0 Å². The summed E-state index contributed by atoms with van der Waals surface area (Å²) in [5.74, 6) is 0. The van der Waals surface area contributed by atoms with Crippen LogP contribution < -0.4 is 0 Å². The largest absolute Gasteiger partial charge is 0.378 e. The number of hydrogen-bond acceptors (Lipinski definition) is 4. The molecule has 0 bridgehead atoms. The van der Waals surface area contributed by atoms with Crippen molar-refractivity contribution >= 4 is 12.1 Å². The van der Waals surface area contributed by atoms with Gasteiger partial charge in [-0.15, -0.1) is 0 Å². The van der Waals surface area contributed by atoms with Crippen LogP contribution >= 0.6 is 0 Å². The zero-order valence-electron chi connectivity index (χ0n) is 14.1. The van der Waals surface area contributed by atoms with E-state index in [0.717, 1.165) is 0 Å². The van der Waals surface area contributed by atoms with Crippen LogP contribution in [0.15, 0.2) is 0 Å². The summed E-state index contributed by atoms with van der Waals surface area (Å²) in [5.41, 5.74) is 0. The van der Waals surface area contributed by atoms with E-state index < -0.39 is 0 Å². The SMILES string of the molecule is CN1CCOCCN(C)C(=O)N(C)CCOCCN(C)C1=O. The van der Waals surface area contributed by atoms with Crippen LogP contribution in [0, 0.1) is 0 Å². The first-order valence-electron chi connectivity index (χ1n) is 7.51. The Hall–Kier alpha value is -1.54. The summed E-state index contributed by atoms with van der Waals surface area (Å²) in [6, 6.07) is -0.104. The third kappa shape index (κ3) is 6.07. The van der Waals surface area contributed by atoms with Crippen LogP contribution in [-0.4, -0.2) is 112 Å². The number of amides is 4. The smallest absolute Gasteiger partial charge is 0.319 e.